The first kappa shape index (κ1) is 17.5. The first-order chi connectivity index (χ1) is 13.2. The van der Waals surface area contributed by atoms with Crippen molar-refractivity contribution < 1.29 is 19.0 Å². The van der Waals surface area contributed by atoms with Gasteiger partial charge in [-0.2, -0.15) is 0 Å². The molecule has 27 heavy (non-hydrogen) atoms. The topological polar surface area (TPSA) is 60.0 Å². The van der Waals surface area contributed by atoms with Crippen LogP contribution in [0.25, 0.3) is 0 Å². The molecule has 0 aromatic heterocycles. The van der Waals surface area contributed by atoms with Crippen LogP contribution < -0.4 is 24.4 Å². The van der Waals surface area contributed by atoms with E-state index in [9.17, 15) is 4.79 Å². The van der Waals surface area contributed by atoms with Gasteiger partial charge in [0.1, 0.15) is 12.4 Å². The number of carbonyl (C=O) groups excluding carboxylic acids is 1. The summed E-state index contributed by atoms with van der Waals surface area (Å²) >= 11 is 0. The molecule has 2 aromatic rings. The summed E-state index contributed by atoms with van der Waals surface area (Å²) in [5, 5.41) is 3.02. The van der Waals surface area contributed by atoms with E-state index in [1.54, 1.807) is 7.11 Å². The number of nitrogens with zero attached hydrogens (tertiary/aromatic N) is 1. The summed E-state index contributed by atoms with van der Waals surface area (Å²) in [6, 6.07) is 15.5. The number of para-hydroxylation sites is 4. The molecule has 1 saturated heterocycles. The van der Waals surface area contributed by atoms with Gasteiger partial charge in [-0.05, 0) is 36.6 Å². The highest BCUT2D eigenvalue weighted by atomic mass is 16.6. The first-order valence-corrected chi connectivity index (χ1v) is 9.29. The Hall–Kier alpha value is -2.89. The molecule has 6 nitrogen and oxygen atoms in total. The lowest BCUT2D eigenvalue weighted by atomic mass is 10.1. The van der Waals surface area contributed by atoms with Crippen LogP contribution in [0.4, 0.5) is 5.69 Å². The molecule has 6 heteroatoms. The molecule has 2 aromatic carbocycles. The van der Waals surface area contributed by atoms with Crippen LogP contribution >= 0.6 is 0 Å². The minimum absolute atomic E-state index is 0.125. The molecule has 0 radical (unpaired) electrons. The Labute approximate surface area is 159 Å². The van der Waals surface area contributed by atoms with Crippen molar-refractivity contribution in [3.05, 3.63) is 48.5 Å². The standard InChI is InChI=1S/C21H24N2O4/c1-25-17-7-3-2-6-16(17)23-11-10-15(13-23)12-22-21(24)20-14-26-18-8-4-5-9-19(18)27-20/h2-9,15,20H,10-14H2,1H3,(H,22,24)/t15-,20-/m0/s1. The normalized spacial score (nSPS) is 21.0. The van der Waals surface area contributed by atoms with Crippen LogP contribution in [0.2, 0.25) is 0 Å². The maximum Gasteiger partial charge on any atom is 0.264 e. The van der Waals surface area contributed by atoms with Crippen molar-refractivity contribution in [1.29, 1.82) is 0 Å². The maximum absolute atomic E-state index is 12.5. The number of ether oxygens (including phenoxy) is 3. The highest BCUT2D eigenvalue weighted by Crippen LogP contribution is 2.32. The molecule has 0 unspecified atom stereocenters. The monoisotopic (exact) mass is 368 g/mol. The van der Waals surface area contributed by atoms with Crippen LogP contribution in [0, 0.1) is 5.92 Å². The molecule has 2 aliphatic rings. The third kappa shape index (κ3) is 3.79. The Morgan fingerprint density at radius 1 is 1.19 bits per heavy atom. The predicted molar refractivity (Wildman–Crippen MR) is 103 cm³/mol. The average molecular weight is 368 g/mol. The Kier molecular flexibility index (Phi) is 5.05. The molecule has 2 heterocycles. The number of anilines is 1. The fourth-order valence-electron chi connectivity index (χ4n) is 3.62. The Balaban J connectivity index is 1.29. The lowest BCUT2D eigenvalue weighted by Gasteiger charge is -2.26. The number of carbonyl (C=O) groups is 1. The SMILES string of the molecule is COc1ccccc1N1CC[C@@H](CNC(=O)[C@@H]2COc3ccccc3O2)C1. The molecular weight excluding hydrogens is 344 g/mol. The van der Waals surface area contributed by atoms with Crippen molar-refractivity contribution in [2.75, 3.05) is 38.3 Å². The van der Waals surface area contributed by atoms with Crippen molar-refractivity contribution in [2.24, 2.45) is 5.92 Å². The van der Waals surface area contributed by atoms with E-state index >= 15 is 0 Å². The molecule has 4 rings (SSSR count). The molecule has 1 fully saturated rings. The van der Waals surface area contributed by atoms with Crippen LogP contribution in [-0.4, -0.2) is 45.4 Å². The summed E-state index contributed by atoms with van der Waals surface area (Å²) < 4.78 is 16.8. The number of benzene rings is 2. The zero-order valence-corrected chi connectivity index (χ0v) is 15.4. The third-order valence-electron chi connectivity index (χ3n) is 5.08. The summed E-state index contributed by atoms with van der Waals surface area (Å²) in [5.74, 6) is 2.46. The van der Waals surface area contributed by atoms with Gasteiger partial charge in [0.25, 0.3) is 5.91 Å². The van der Waals surface area contributed by atoms with Gasteiger partial charge in [0.05, 0.1) is 12.8 Å². The highest BCUT2D eigenvalue weighted by molar-refractivity contribution is 5.81. The van der Waals surface area contributed by atoms with E-state index in [-0.39, 0.29) is 12.5 Å². The quantitative estimate of drug-likeness (QED) is 0.879. The van der Waals surface area contributed by atoms with Gasteiger partial charge >= 0.3 is 0 Å². The van der Waals surface area contributed by atoms with E-state index < -0.39 is 6.10 Å². The lowest BCUT2D eigenvalue weighted by Crippen LogP contribution is -2.45. The molecule has 142 valence electrons. The van der Waals surface area contributed by atoms with Crippen molar-refractivity contribution in [3.63, 3.8) is 0 Å². The highest BCUT2D eigenvalue weighted by Gasteiger charge is 2.29. The van der Waals surface area contributed by atoms with Gasteiger partial charge in [0.2, 0.25) is 6.10 Å². The van der Waals surface area contributed by atoms with Crippen molar-refractivity contribution in [1.82, 2.24) is 5.32 Å². The van der Waals surface area contributed by atoms with Gasteiger partial charge in [-0.15, -0.1) is 0 Å². The Morgan fingerprint density at radius 3 is 2.81 bits per heavy atom. The minimum atomic E-state index is -0.605. The molecule has 2 atom stereocenters. The van der Waals surface area contributed by atoms with Gasteiger partial charge in [0, 0.05) is 19.6 Å². The minimum Gasteiger partial charge on any atom is -0.495 e. The fourth-order valence-corrected chi connectivity index (χ4v) is 3.62. The molecule has 0 saturated carbocycles. The summed E-state index contributed by atoms with van der Waals surface area (Å²) in [7, 11) is 1.69. The van der Waals surface area contributed by atoms with Gasteiger partial charge < -0.3 is 24.4 Å². The summed E-state index contributed by atoms with van der Waals surface area (Å²) in [6.07, 6.45) is 0.426. The predicted octanol–water partition coefficient (Wildman–Crippen LogP) is 2.48. The molecule has 0 spiro atoms. The van der Waals surface area contributed by atoms with Crippen molar-refractivity contribution in [3.8, 4) is 17.2 Å². The summed E-state index contributed by atoms with van der Waals surface area (Å²) in [6.45, 7) is 2.72. The molecule has 1 N–H and O–H groups in total. The fraction of sp³-hybridized carbons (Fsp3) is 0.381. The van der Waals surface area contributed by atoms with Crippen molar-refractivity contribution in [2.45, 2.75) is 12.5 Å². The van der Waals surface area contributed by atoms with Crippen LogP contribution in [-0.2, 0) is 4.79 Å². The number of methoxy groups -OCH3 is 1. The number of rotatable bonds is 5. The second-order valence-electron chi connectivity index (χ2n) is 6.88. The Morgan fingerprint density at radius 2 is 1.96 bits per heavy atom. The first-order valence-electron chi connectivity index (χ1n) is 9.29. The van der Waals surface area contributed by atoms with E-state index in [1.165, 1.54) is 0 Å². The maximum atomic E-state index is 12.5. The number of nitrogens with one attached hydrogen (secondary N) is 1. The second kappa shape index (κ2) is 7.78. The van der Waals surface area contributed by atoms with E-state index in [0.29, 0.717) is 24.0 Å². The van der Waals surface area contributed by atoms with E-state index in [1.807, 2.05) is 42.5 Å². The van der Waals surface area contributed by atoms with E-state index in [4.69, 9.17) is 14.2 Å². The molecule has 0 aliphatic carbocycles. The third-order valence-corrected chi connectivity index (χ3v) is 5.08. The van der Waals surface area contributed by atoms with Gasteiger partial charge in [-0.1, -0.05) is 24.3 Å². The number of amides is 1. The van der Waals surface area contributed by atoms with Crippen LogP contribution in [0.1, 0.15) is 6.42 Å². The van der Waals surface area contributed by atoms with Gasteiger partial charge in [-0.25, -0.2) is 0 Å². The smallest absolute Gasteiger partial charge is 0.264 e. The second-order valence-corrected chi connectivity index (χ2v) is 6.88. The molecule has 2 aliphatic heterocycles. The summed E-state index contributed by atoms with van der Waals surface area (Å²) in [5.41, 5.74) is 1.11. The van der Waals surface area contributed by atoms with Crippen LogP contribution in [0.5, 0.6) is 17.2 Å². The van der Waals surface area contributed by atoms with Crippen molar-refractivity contribution >= 4 is 11.6 Å². The largest absolute Gasteiger partial charge is 0.495 e. The Bertz CT molecular complexity index is 810. The van der Waals surface area contributed by atoms with E-state index in [0.717, 1.165) is 30.9 Å². The number of hydrogen-bond donors (Lipinski definition) is 1. The number of hydrogen-bond acceptors (Lipinski definition) is 5. The van der Waals surface area contributed by atoms with Crippen LogP contribution in [0.15, 0.2) is 48.5 Å². The molecule has 0 bridgehead atoms. The van der Waals surface area contributed by atoms with Gasteiger partial charge in [-0.3, -0.25) is 4.79 Å². The zero-order chi connectivity index (χ0) is 18.6. The number of fused-ring (bicyclic) bond motifs is 1. The van der Waals surface area contributed by atoms with E-state index in [2.05, 4.69) is 16.3 Å². The zero-order valence-electron chi connectivity index (χ0n) is 15.4. The van der Waals surface area contributed by atoms with Gasteiger partial charge in [0.15, 0.2) is 11.5 Å². The van der Waals surface area contributed by atoms with Crippen LogP contribution in [0.3, 0.4) is 0 Å². The molecular formula is C21H24N2O4. The lowest BCUT2D eigenvalue weighted by molar-refractivity contribution is -0.130. The molecule has 1 amide bonds. The average Bonchev–Trinajstić information content (AvgIpc) is 3.20. The summed E-state index contributed by atoms with van der Waals surface area (Å²) in [4.78, 5) is 14.8.